The normalized spacial score (nSPS) is 12.6. The van der Waals surface area contributed by atoms with E-state index < -0.39 is 33.1 Å². The monoisotopic (exact) mass is 500 g/mol. The molecule has 0 amide bonds. The molecule has 1 atom stereocenters. The van der Waals surface area contributed by atoms with Crippen molar-refractivity contribution in [3.05, 3.63) is 70.7 Å². The summed E-state index contributed by atoms with van der Waals surface area (Å²) in [6.07, 6.45) is 2.55. The predicted molar refractivity (Wildman–Crippen MR) is 130 cm³/mol. The number of ether oxygens (including phenoxy) is 2. The van der Waals surface area contributed by atoms with Gasteiger partial charge >= 0.3 is 5.69 Å². The first-order valence-electron chi connectivity index (χ1n) is 10.8. The van der Waals surface area contributed by atoms with Gasteiger partial charge in [0.25, 0.3) is 5.88 Å². The second kappa shape index (κ2) is 9.49. The van der Waals surface area contributed by atoms with Gasteiger partial charge in [0.1, 0.15) is 15.7 Å². The molecule has 0 aliphatic heterocycles. The van der Waals surface area contributed by atoms with Crippen LogP contribution in [-0.2, 0) is 16.9 Å². The molecule has 0 saturated carbocycles. The van der Waals surface area contributed by atoms with E-state index >= 15 is 0 Å². The van der Waals surface area contributed by atoms with E-state index in [2.05, 4.69) is 9.97 Å². The third kappa shape index (κ3) is 4.76. The number of imidazole rings is 1. The standard InChI is InChI=1S/C24H25FN4O5S/c1-5-34-23-21(33-3)11-10-18(27-23)20(14-35(4,31)32)29-22-19(28(2)24(29)30)12-15(13-26-22)16-8-6-7-9-17(16)25/h6-13,20H,5,14H2,1-4H3. The third-order valence-electron chi connectivity index (χ3n) is 5.58. The molecular weight excluding hydrogens is 475 g/mol. The van der Waals surface area contributed by atoms with Gasteiger partial charge in [0.2, 0.25) is 0 Å². The van der Waals surface area contributed by atoms with Gasteiger partial charge in [-0.05, 0) is 31.2 Å². The summed E-state index contributed by atoms with van der Waals surface area (Å²) in [4.78, 5) is 22.3. The first kappa shape index (κ1) is 24.4. The van der Waals surface area contributed by atoms with Crippen LogP contribution in [0.15, 0.2) is 53.5 Å². The molecule has 0 aliphatic rings. The van der Waals surface area contributed by atoms with Crippen molar-refractivity contribution in [1.82, 2.24) is 19.1 Å². The van der Waals surface area contributed by atoms with Crippen molar-refractivity contribution >= 4 is 21.0 Å². The number of benzene rings is 1. The minimum atomic E-state index is -3.55. The maximum Gasteiger partial charge on any atom is 0.330 e. The zero-order valence-corrected chi connectivity index (χ0v) is 20.5. The Morgan fingerprint density at radius 3 is 2.57 bits per heavy atom. The quantitative estimate of drug-likeness (QED) is 0.366. The van der Waals surface area contributed by atoms with Crippen LogP contribution < -0.4 is 15.2 Å². The maximum absolute atomic E-state index is 14.4. The molecule has 4 rings (SSSR count). The molecular formula is C24H25FN4O5S. The van der Waals surface area contributed by atoms with Crippen LogP contribution >= 0.6 is 0 Å². The first-order valence-corrected chi connectivity index (χ1v) is 12.9. The number of halogens is 1. The number of aromatic nitrogens is 4. The van der Waals surface area contributed by atoms with Crippen LogP contribution in [-0.4, -0.2) is 53.2 Å². The topological polar surface area (TPSA) is 105 Å². The van der Waals surface area contributed by atoms with Crippen molar-refractivity contribution in [3.8, 4) is 22.8 Å². The molecule has 1 unspecified atom stereocenters. The Morgan fingerprint density at radius 1 is 1.17 bits per heavy atom. The lowest BCUT2D eigenvalue weighted by Gasteiger charge is -2.19. The fraction of sp³-hybridized carbons (Fsp3) is 0.292. The lowest BCUT2D eigenvalue weighted by Crippen LogP contribution is -2.31. The zero-order valence-electron chi connectivity index (χ0n) is 19.7. The molecule has 3 heterocycles. The van der Waals surface area contributed by atoms with Crippen molar-refractivity contribution in [2.45, 2.75) is 13.0 Å². The van der Waals surface area contributed by atoms with Crippen LogP contribution in [0.4, 0.5) is 4.39 Å². The number of methoxy groups -OCH3 is 1. The molecule has 3 aromatic heterocycles. The molecule has 0 aliphatic carbocycles. The molecule has 9 nitrogen and oxygen atoms in total. The summed E-state index contributed by atoms with van der Waals surface area (Å²) in [5, 5.41) is 0. The highest BCUT2D eigenvalue weighted by molar-refractivity contribution is 7.90. The maximum atomic E-state index is 14.4. The van der Waals surface area contributed by atoms with Crippen LogP contribution in [0.25, 0.3) is 22.3 Å². The molecule has 4 aromatic rings. The second-order valence-corrected chi connectivity index (χ2v) is 10.2. The number of sulfone groups is 1. The van der Waals surface area contributed by atoms with E-state index in [0.717, 1.165) is 6.26 Å². The highest BCUT2D eigenvalue weighted by Gasteiger charge is 2.28. The summed E-state index contributed by atoms with van der Waals surface area (Å²) in [6, 6.07) is 10.1. The lowest BCUT2D eigenvalue weighted by molar-refractivity contribution is 0.296. The number of hydrogen-bond donors (Lipinski definition) is 0. The molecule has 0 spiro atoms. The lowest BCUT2D eigenvalue weighted by atomic mass is 10.1. The minimum absolute atomic E-state index is 0.189. The minimum Gasteiger partial charge on any atom is -0.491 e. The molecule has 184 valence electrons. The largest absolute Gasteiger partial charge is 0.491 e. The van der Waals surface area contributed by atoms with E-state index in [1.54, 1.807) is 50.4 Å². The number of fused-ring (bicyclic) bond motifs is 1. The average molecular weight is 501 g/mol. The SMILES string of the molecule is CCOc1nc(C(CS(C)(=O)=O)n2c(=O)n(C)c3cc(-c4ccccc4F)cnc32)ccc1OC. The summed E-state index contributed by atoms with van der Waals surface area (Å²) < 4.78 is 52.6. The van der Waals surface area contributed by atoms with Gasteiger partial charge in [0, 0.05) is 30.6 Å². The average Bonchev–Trinajstić information content (AvgIpc) is 3.07. The van der Waals surface area contributed by atoms with Crippen molar-refractivity contribution in [1.29, 1.82) is 0 Å². The Kier molecular flexibility index (Phi) is 6.62. The van der Waals surface area contributed by atoms with Gasteiger partial charge in [0.15, 0.2) is 11.4 Å². The fourth-order valence-electron chi connectivity index (χ4n) is 3.96. The number of nitrogens with zero attached hydrogens (tertiary/aromatic N) is 4. The highest BCUT2D eigenvalue weighted by atomic mass is 32.2. The molecule has 0 saturated heterocycles. The van der Waals surface area contributed by atoms with Gasteiger partial charge in [-0.25, -0.2) is 27.6 Å². The second-order valence-electron chi connectivity index (χ2n) is 8.04. The summed E-state index contributed by atoms with van der Waals surface area (Å²) in [5.41, 5.74) is 1.32. The van der Waals surface area contributed by atoms with Crippen LogP contribution in [0.5, 0.6) is 11.6 Å². The Morgan fingerprint density at radius 2 is 1.91 bits per heavy atom. The molecule has 0 N–H and O–H groups in total. The Balaban J connectivity index is 1.94. The summed E-state index contributed by atoms with van der Waals surface area (Å²) in [7, 11) is -0.526. The highest BCUT2D eigenvalue weighted by Crippen LogP contribution is 2.31. The Hall–Kier alpha value is -3.73. The van der Waals surface area contributed by atoms with Gasteiger partial charge in [-0.2, -0.15) is 0 Å². The number of pyridine rings is 2. The first-order chi connectivity index (χ1) is 16.6. The van der Waals surface area contributed by atoms with Crippen molar-refractivity contribution < 1.29 is 22.3 Å². The molecule has 35 heavy (non-hydrogen) atoms. The van der Waals surface area contributed by atoms with Gasteiger partial charge in [-0.1, -0.05) is 18.2 Å². The summed E-state index contributed by atoms with van der Waals surface area (Å²) in [5.74, 6) is -0.243. The van der Waals surface area contributed by atoms with Gasteiger partial charge in [-0.15, -0.1) is 0 Å². The molecule has 1 aromatic carbocycles. The van der Waals surface area contributed by atoms with Crippen molar-refractivity contribution in [3.63, 3.8) is 0 Å². The molecule has 0 bridgehead atoms. The van der Waals surface area contributed by atoms with E-state index in [-0.39, 0.29) is 11.5 Å². The smallest absolute Gasteiger partial charge is 0.330 e. The van der Waals surface area contributed by atoms with Crippen LogP contribution in [0.3, 0.4) is 0 Å². The Bertz CT molecular complexity index is 1560. The molecule has 11 heteroatoms. The number of aryl methyl sites for hydroxylation is 1. The fourth-order valence-corrected chi connectivity index (χ4v) is 4.85. The van der Waals surface area contributed by atoms with E-state index in [1.165, 1.54) is 28.5 Å². The van der Waals surface area contributed by atoms with Crippen molar-refractivity contribution in [2.75, 3.05) is 25.7 Å². The summed E-state index contributed by atoms with van der Waals surface area (Å²) in [6.45, 7) is 2.10. The third-order valence-corrected chi connectivity index (χ3v) is 6.50. The van der Waals surface area contributed by atoms with Crippen LogP contribution in [0.1, 0.15) is 18.7 Å². The number of rotatable bonds is 8. The predicted octanol–water partition coefficient (Wildman–Crippen LogP) is 2.98. The van der Waals surface area contributed by atoms with Crippen LogP contribution in [0.2, 0.25) is 0 Å². The van der Waals surface area contributed by atoms with E-state index in [4.69, 9.17) is 9.47 Å². The van der Waals surface area contributed by atoms with E-state index in [9.17, 15) is 17.6 Å². The van der Waals surface area contributed by atoms with E-state index in [1.807, 2.05) is 0 Å². The Labute approximate surface area is 201 Å². The van der Waals surface area contributed by atoms with Crippen LogP contribution in [0, 0.1) is 5.82 Å². The summed E-state index contributed by atoms with van der Waals surface area (Å²) >= 11 is 0. The van der Waals surface area contributed by atoms with Gasteiger partial charge in [-0.3, -0.25) is 9.13 Å². The zero-order chi connectivity index (χ0) is 25.3. The van der Waals surface area contributed by atoms with E-state index in [0.29, 0.717) is 34.7 Å². The molecule has 0 fully saturated rings. The van der Waals surface area contributed by atoms with Gasteiger partial charge < -0.3 is 9.47 Å². The van der Waals surface area contributed by atoms with Gasteiger partial charge in [0.05, 0.1) is 36.7 Å². The molecule has 0 radical (unpaired) electrons. The number of hydrogen-bond acceptors (Lipinski definition) is 7. The van der Waals surface area contributed by atoms with Crippen molar-refractivity contribution in [2.24, 2.45) is 7.05 Å².